The first-order chi connectivity index (χ1) is 10.5. The van der Waals surface area contributed by atoms with E-state index in [1.165, 1.54) is 18.3 Å². The molecule has 0 aromatic carbocycles. The van der Waals surface area contributed by atoms with Crippen LogP contribution in [0.25, 0.3) is 0 Å². The molecule has 0 saturated heterocycles. The van der Waals surface area contributed by atoms with E-state index in [1.807, 2.05) is 26.8 Å². The van der Waals surface area contributed by atoms with E-state index in [2.05, 4.69) is 10.8 Å². The molecule has 23 heavy (non-hydrogen) atoms. The maximum Gasteiger partial charge on any atom is 0.263 e. The zero-order valence-electron chi connectivity index (χ0n) is 14.4. The Balaban J connectivity index is 4.49. The highest BCUT2D eigenvalue weighted by atomic mass is 31.3. The van der Waals surface area contributed by atoms with Crippen LogP contribution >= 0.6 is 15.3 Å². The van der Waals surface area contributed by atoms with Crippen molar-refractivity contribution < 1.29 is 28.9 Å². The predicted octanol–water partition coefficient (Wildman–Crippen LogP) is 1.89. The van der Waals surface area contributed by atoms with Gasteiger partial charge in [-0.3, -0.25) is 4.57 Å². The minimum absolute atomic E-state index is 0.126. The Labute approximate surface area is 139 Å². The van der Waals surface area contributed by atoms with Gasteiger partial charge in [0.1, 0.15) is 11.7 Å². The second kappa shape index (κ2) is 10.7. The quantitative estimate of drug-likeness (QED) is 0.339. The Morgan fingerprint density at radius 2 is 1.83 bits per heavy atom. The zero-order chi connectivity index (χ0) is 18.1. The van der Waals surface area contributed by atoms with Crippen molar-refractivity contribution >= 4 is 15.3 Å². The van der Waals surface area contributed by atoms with E-state index in [0.29, 0.717) is 12.8 Å². The summed E-state index contributed by atoms with van der Waals surface area (Å²) in [4.78, 5) is 43.5. The molecule has 136 valence electrons. The van der Waals surface area contributed by atoms with Gasteiger partial charge in [-0.1, -0.05) is 23.3 Å². The van der Waals surface area contributed by atoms with Gasteiger partial charge in [0.25, 0.3) is 7.37 Å². The van der Waals surface area contributed by atoms with Gasteiger partial charge in [0.15, 0.2) is 0 Å². The summed E-state index contributed by atoms with van der Waals surface area (Å²) in [7, 11) is -8.10. The van der Waals surface area contributed by atoms with Crippen LogP contribution in [0.15, 0.2) is 23.3 Å². The second-order valence-corrected chi connectivity index (χ2v) is 10.5. The fourth-order valence-electron chi connectivity index (χ4n) is 2.19. The van der Waals surface area contributed by atoms with Crippen LogP contribution < -0.4 is 14.7 Å². The number of unbranched alkanes of at least 4 members (excludes halogenated alkanes) is 1. The SMILES string of the molecule is COCP(=O)(O)C(CCC/C=C(\C)CCC=C(C)C)[P+]([O-])([O-])[O-]. The molecule has 0 aliphatic rings. The van der Waals surface area contributed by atoms with Gasteiger partial charge in [0, 0.05) is 7.11 Å². The molecule has 0 amide bonds. The highest BCUT2D eigenvalue weighted by molar-refractivity contribution is 7.74. The van der Waals surface area contributed by atoms with E-state index in [9.17, 15) is 24.1 Å². The van der Waals surface area contributed by atoms with Gasteiger partial charge < -0.3 is 24.3 Å². The van der Waals surface area contributed by atoms with Gasteiger partial charge in [-0.15, -0.1) is 7.94 Å². The molecule has 0 aliphatic heterocycles. The Bertz CT molecular complexity index is 449. The van der Waals surface area contributed by atoms with Crippen LogP contribution in [0.1, 0.15) is 52.9 Å². The molecule has 0 aromatic heterocycles. The maximum absolute atomic E-state index is 11.9. The average Bonchev–Trinajstić information content (AvgIpc) is 2.35. The van der Waals surface area contributed by atoms with Crippen molar-refractivity contribution in [3.63, 3.8) is 0 Å². The van der Waals surface area contributed by atoms with Gasteiger partial charge in [-0.25, -0.2) is 0 Å². The highest BCUT2D eigenvalue weighted by Gasteiger charge is 2.36. The van der Waals surface area contributed by atoms with E-state index in [1.54, 1.807) is 0 Å². The standard InChI is InChI=1S/C15H30O6P2/c1-13(2)8-7-10-14(3)9-5-6-11-15(23(18,19)20)22(16,17)12-21-4/h8-9,15H,5-7,10-12H2,1-4H3,(H,16,17)(H2,18,19,20)/p-2/b14-9+. The molecule has 0 aromatic rings. The number of ether oxygens (including phenoxy) is 1. The minimum atomic E-state index is -5.14. The van der Waals surface area contributed by atoms with Crippen molar-refractivity contribution in [2.75, 3.05) is 13.5 Å². The molecule has 0 fully saturated rings. The smallest absolute Gasteiger partial charge is 0.263 e. The van der Waals surface area contributed by atoms with Crippen LogP contribution in [-0.4, -0.2) is 23.8 Å². The first kappa shape index (κ1) is 22.9. The Morgan fingerprint density at radius 3 is 2.30 bits per heavy atom. The lowest BCUT2D eigenvalue weighted by Gasteiger charge is -2.49. The fraction of sp³-hybridized carbons (Fsp3) is 0.733. The van der Waals surface area contributed by atoms with Gasteiger partial charge in [-0.05, 0) is 52.9 Å². The summed E-state index contributed by atoms with van der Waals surface area (Å²) in [5, 5.41) is -1.77. The number of hydrogen-bond donors (Lipinski definition) is 1. The summed E-state index contributed by atoms with van der Waals surface area (Å²) in [6.45, 7) is 6.07. The van der Waals surface area contributed by atoms with Gasteiger partial charge >= 0.3 is 0 Å². The molecule has 8 heteroatoms. The zero-order valence-corrected chi connectivity index (χ0v) is 16.1. The van der Waals surface area contributed by atoms with Crippen molar-refractivity contribution in [1.29, 1.82) is 0 Å². The number of hydrogen-bond acceptors (Lipinski definition) is 5. The second-order valence-electron chi connectivity index (χ2n) is 6.00. The summed E-state index contributed by atoms with van der Waals surface area (Å²) in [5.41, 5.74) is 2.44. The monoisotopic (exact) mass is 366 g/mol. The Hall–Kier alpha value is -0.0600. The fourth-order valence-corrected chi connectivity index (χ4v) is 5.79. The number of methoxy groups -OCH3 is 1. The van der Waals surface area contributed by atoms with Crippen LogP contribution in [0.3, 0.4) is 0 Å². The topological polar surface area (TPSA) is 116 Å². The molecular weight excluding hydrogens is 338 g/mol. The number of rotatable bonds is 11. The number of allylic oxidation sites excluding steroid dienone is 4. The predicted molar refractivity (Wildman–Crippen MR) is 88.7 cm³/mol. The average molecular weight is 366 g/mol. The van der Waals surface area contributed by atoms with Crippen LogP contribution in [0.2, 0.25) is 0 Å². The summed E-state index contributed by atoms with van der Waals surface area (Å²) in [6.07, 6.45) is 6.18. The third-order valence-corrected chi connectivity index (χ3v) is 8.13. The summed E-state index contributed by atoms with van der Waals surface area (Å²) in [5.74, 6) is 0. The molecule has 6 nitrogen and oxygen atoms in total. The van der Waals surface area contributed by atoms with Gasteiger partial charge in [-0.2, -0.15) is 0 Å². The van der Waals surface area contributed by atoms with Gasteiger partial charge in [0.05, 0.1) is 0 Å². The Kier molecular flexibility index (Phi) is 10.7. The van der Waals surface area contributed by atoms with Crippen LogP contribution in [0, 0.1) is 0 Å². The highest BCUT2D eigenvalue weighted by Crippen LogP contribution is 2.61. The molecule has 1 N–H and O–H groups in total. The van der Waals surface area contributed by atoms with Crippen molar-refractivity contribution in [2.45, 2.75) is 58.3 Å². The van der Waals surface area contributed by atoms with Crippen molar-refractivity contribution in [2.24, 2.45) is 0 Å². The lowest BCUT2D eigenvalue weighted by molar-refractivity contribution is -0.429. The normalized spacial score (nSPS) is 16.8. The molecular formula is C15H28O6P2-2. The van der Waals surface area contributed by atoms with E-state index in [4.69, 9.17) is 0 Å². The lowest BCUT2D eigenvalue weighted by Crippen LogP contribution is -2.41. The van der Waals surface area contributed by atoms with Crippen LogP contribution in [0.4, 0.5) is 0 Å². The molecule has 0 aliphatic carbocycles. The molecule has 0 spiro atoms. The van der Waals surface area contributed by atoms with Gasteiger partial charge in [0.2, 0.25) is 0 Å². The summed E-state index contributed by atoms with van der Waals surface area (Å²) < 4.78 is 16.5. The largest absolute Gasteiger partial charge is 0.687 e. The molecule has 0 saturated carbocycles. The first-order valence-electron chi connectivity index (χ1n) is 7.62. The van der Waals surface area contributed by atoms with E-state index >= 15 is 0 Å². The van der Waals surface area contributed by atoms with E-state index in [0.717, 1.165) is 12.8 Å². The van der Waals surface area contributed by atoms with Crippen LogP contribution in [-0.2, 0) is 9.30 Å². The molecule has 2 unspecified atom stereocenters. The lowest BCUT2D eigenvalue weighted by atomic mass is 10.1. The Morgan fingerprint density at radius 1 is 1.22 bits per heavy atom. The summed E-state index contributed by atoms with van der Waals surface area (Å²) in [6, 6.07) is 0. The van der Waals surface area contributed by atoms with Crippen molar-refractivity contribution in [3.05, 3.63) is 23.3 Å². The van der Waals surface area contributed by atoms with E-state index in [-0.39, 0.29) is 6.42 Å². The van der Waals surface area contributed by atoms with Crippen molar-refractivity contribution in [1.82, 2.24) is 0 Å². The third-order valence-electron chi connectivity index (χ3n) is 3.40. The summed E-state index contributed by atoms with van der Waals surface area (Å²) >= 11 is 0. The van der Waals surface area contributed by atoms with Crippen LogP contribution in [0.5, 0.6) is 0 Å². The van der Waals surface area contributed by atoms with E-state index < -0.39 is 27.1 Å². The maximum atomic E-state index is 11.9. The molecule has 0 heterocycles. The van der Waals surface area contributed by atoms with Crippen molar-refractivity contribution in [3.8, 4) is 0 Å². The minimum Gasteiger partial charge on any atom is -0.687 e. The third kappa shape index (κ3) is 10.4. The molecule has 0 bridgehead atoms. The molecule has 2 atom stereocenters. The molecule has 0 rings (SSSR count). The molecule has 0 radical (unpaired) electrons. The first-order valence-corrected chi connectivity index (χ1v) is 11.1.